The lowest BCUT2D eigenvalue weighted by Gasteiger charge is -2.35. The molecule has 7 nitrogen and oxygen atoms in total. The number of β-amino-alcohol motifs (C(OH)–C–C–N with tert-alkyl or cyclic N) is 1. The van der Waals surface area contributed by atoms with E-state index in [0.717, 1.165) is 26.2 Å². The van der Waals surface area contributed by atoms with E-state index in [2.05, 4.69) is 19.9 Å². The van der Waals surface area contributed by atoms with Crippen LogP contribution in [0.25, 0.3) is 0 Å². The van der Waals surface area contributed by atoms with Crippen molar-refractivity contribution in [3.8, 4) is 0 Å². The van der Waals surface area contributed by atoms with Crippen molar-refractivity contribution in [3.05, 3.63) is 22.8 Å². The second-order valence-electron chi connectivity index (χ2n) is 4.53. The first-order valence-electron chi connectivity index (χ1n) is 6.38. The van der Waals surface area contributed by atoms with Gasteiger partial charge in [0.05, 0.1) is 11.6 Å². The second kappa shape index (κ2) is 6.74. The Hall–Kier alpha value is -1.57. The molecule has 2 heterocycles. The Bertz CT molecular complexity index is 489. The van der Waals surface area contributed by atoms with E-state index in [4.69, 9.17) is 27.6 Å². The molecule has 0 amide bonds. The van der Waals surface area contributed by atoms with Crippen molar-refractivity contribution in [2.24, 2.45) is 10.9 Å². The van der Waals surface area contributed by atoms with Gasteiger partial charge >= 0.3 is 0 Å². The van der Waals surface area contributed by atoms with Gasteiger partial charge in [-0.3, -0.25) is 4.90 Å². The number of pyridine rings is 1. The largest absolute Gasteiger partial charge is 0.409 e. The fourth-order valence-corrected chi connectivity index (χ4v) is 2.56. The molecule has 0 unspecified atom stereocenters. The maximum atomic E-state index is 8.93. The van der Waals surface area contributed by atoms with Gasteiger partial charge in [-0.15, -0.1) is 0 Å². The molecular weight excluding hydrogens is 282 g/mol. The van der Waals surface area contributed by atoms with Crippen molar-refractivity contribution in [2.45, 2.75) is 0 Å². The Kier molecular flexibility index (Phi) is 4.99. The normalized spacial score (nSPS) is 17.5. The van der Waals surface area contributed by atoms with Crippen LogP contribution in [0.5, 0.6) is 0 Å². The molecule has 0 radical (unpaired) electrons. The SMILES string of the molecule is N/C(=N/O)c1ccnc(N2CCN(CCO)CC2)c1Cl. The smallest absolute Gasteiger partial charge is 0.171 e. The second-order valence-corrected chi connectivity index (χ2v) is 4.91. The number of piperazine rings is 1. The van der Waals surface area contributed by atoms with Gasteiger partial charge in [0.2, 0.25) is 0 Å². The van der Waals surface area contributed by atoms with Crippen LogP contribution in [0.15, 0.2) is 17.4 Å². The Morgan fingerprint density at radius 3 is 2.70 bits per heavy atom. The Labute approximate surface area is 122 Å². The summed E-state index contributed by atoms with van der Waals surface area (Å²) in [5.74, 6) is 0.608. The predicted octanol–water partition coefficient (Wildman–Crippen LogP) is -0.0562. The molecule has 0 aliphatic carbocycles. The van der Waals surface area contributed by atoms with Crippen LogP contribution in [-0.2, 0) is 0 Å². The molecule has 0 atom stereocenters. The number of nitrogens with two attached hydrogens (primary N) is 1. The quantitative estimate of drug-likeness (QED) is 0.312. The fraction of sp³-hybridized carbons (Fsp3) is 0.500. The zero-order valence-electron chi connectivity index (χ0n) is 11.0. The van der Waals surface area contributed by atoms with E-state index in [0.29, 0.717) is 22.9 Å². The molecule has 1 aromatic heterocycles. The first kappa shape index (κ1) is 14.8. The summed E-state index contributed by atoms with van der Waals surface area (Å²) in [4.78, 5) is 8.52. The third-order valence-electron chi connectivity index (χ3n) is 3.34. The van der Waals surface area contributed by atoms with Gasteiger partial charge in [-0.05, 0) is 6.07 Å². The predicted molar refractivity (Wildman–Crippen MR) is 77.5 cm³/mol. The number of hydrogen-bond donors (Lipinski definition) is 3. The molecule has 1 aromatic rings. The number of aromatic nitrogens is 1. The molecule has 1 aliphatic heterocycles. The molecule has 1 aliphatic rings. The zero-order valence-corrected chi connectivity index (χ0v) is 11.8. The van der Waals surface area contributed by atoms with E-state index in [1.807, 2.05) is 0 Å². The topological polar surface area (TPSA) is 98.2 Å². The van der Waals surface area contributed by atoms with E-state index in [9.17, 15) is 0 Å². The highest BCUT2D eigenvalue weighted by molar-refractivity contribution is 6.36. The van der Waals surface area contributed by atoms with Crippen molar-refractivity contribution >= 4 is 23.3 Å². The van der Waals surface area contributed by atoms with E-state index < -0.39 is 0 Å². The van der Waals surface area contributed by atoms with Crippen LogP contribution in [0, 0.1) is 0 Å². The highest BCUT2D eigenvalue weighted by atomic mass is 35.5. The molecule has 4 N–H and O–H groups in total. The van der Waals surface area contributed by atoms with Crippen LogP contribution in [0.2, 0.25) is 5.02 Å². The number of nitrogens with zero attached hydrogens (tertiary/aromatic N) is 4. The lowest BCUT2D eigenvalue weighted by Crippen LogP contribution is -2.47. The highest BCUT2D eigenvalue weighted by Crippen LogP contribution is 2.27. The fourth-order valence-electron chi connectivity index (χ4n) is 2.23. The number of halogens is 1. The summed E-state index contributed by atoms with van der Waals surface area (Å²) in [6, 6.07) is 1.61. The van der Waals surface area contributed by atoms with Crippen molar-refractivity contribution < 1.29 is 10.3 Å². The van der Waals surface area contributed by atoms with Gasteiger partial charge in [0.25, 0.3) is 0 Å². The Morgan fingerprint density at radius 2 is 2.10 bits per heavy atom. The van der Waals surface area contributed by atoms with Gasteiger partial charge in [0.1, 0.15) is 5.82 Å². The molecular formula is C12H18ClN5O2. The molecule has 8 heteroatoms. The van der Waals surface area contributed by atoms with Gasteiger partial charge in [-0.1, -0.05) is 16.8 Å². The number of anilines is 1. The number of amidine groups is 1. The van der Waals surface area contributed by atoms with Crippen LogP contribution in [0.1, 0.15) is 5.56 Å². The first-order valence-corrected chi connectivity index (χ1v) is 6.75. The van der Waals surface area contributed by atoms with E-state index >= 15 is 0 Å². The summed E-state index contributed by atoms with van der Waals surface area (Å²) in [6.07, 6.45) is 1.59. The maximum absolute atomic E-state index is 8.93. The van der Waals surface area contributed by atoms with Gasteiger partial charge in [0, 0.05) is 44.5 Å². The molecule has 1 fully saturated rings. The summed E-state index contributed by atoms with van der Waals surface area (Å²) in [5, 5.41) is 21.0. The number of aliphatic hydroxyl groups excluding tert-OH is 1. The molecule has 0 saturated carbocycles. The first-order chi connectivity index (χ1) is 9.67. The van der Waals surface area contributed by atoms with Crippen LogP contribution in [0.4, 0.5) is 5.82 Å². The molecule has 110 valence electrons. The molecule has 2 rings (SSSR count). The van der Waals surface area contributed by atoms with Crippen LogP contribution < -0.4 is 10.6 Å². The molecule has 1 saturated heterocycles. The minimum absolute atomic E-state index is 0.0300. The average Bonchev–Trinajstić information content (AvgIpc) is 2.48. The molecule has 0 bridgehead atoms. The lowest BCUT2D eigenvalue weighted by atomic mass is 10.2. The van der Waals surface area contributed by atoms with Gasteiger partial charge in [-0.25, -0.2) is 4.98 Å². The van der Waals surface area contributed by atoms with E-state index in [-0.39, 0.29) is 12.4 Å². The third kappa shape index (κ3) is 3.12. The minimum atomic E-state index is -0.0300. The van der Waals surface area contributed by atoms with Crippen LogP contribution in [0.3, 0.4) is 0 Å². The van der Waals surface area contributed by atoms with Crippen molar-refractivity contribution in [1.29, 1.82) is 0 Å². The number of hydrogen-bond acceptors (Lipinski definition) is 6. The third-order valence-corrected chi connectivity index (χ3v) is 3.72. The number of oxime groups is 1. The summed E-state index contributed by atoms with van der Waals surface area (Å²) in [6.45, 7) is 4.06. The lowest BCUT2D eigenvalue weighted by molar-refractivity contribution is 0.188. The van der Waals surface area contributed by atoms with Gasteiger partial charge < -0.3 is 20.9 Å². The average molecular weight is 300 g/mol. The van der Waals surface area contributed by atoms with Crippen molar-refractivity contribution in [2.75, 3.05) is 44.2 Å². The van der Waals surface area contributed by atoms with Crippen molar-refractivity contribution in [1.82, 2.24) is 9.88 Å². The summed E-state index contributed by atoms with van der Waals surface area (Å²) in [5.41, 5.74) is 6.06. The monoisotopic (exact) mass is 299 g/mol. The van der Waals surface area contributed by atoms with E-state index in [1.54, 1.807) is 12.3 Å². The van der Waals surface area contributed by atoms with Crippen LogP contribution in [-0.4, -0.2) is 65.4 Å². The standard InChI is InChI=1S/C12H18ClN5O2/c13-10-9(11(14)16-20)1-2-15-12(10)18-5-3-17(4-6-18)7-8-19/h1-2,19-20H,3-8H2,(H2,14,16). The Morgan fingerprint density at radius 1 is 1.40 bits per heavy atom. The van der Waals surface area contributed by atoms with Gasteiger partial charge in [0.15, 0.2) is 5.84 Å². The number of rotatable bonds is 4. The molecule has 0 spiro atoms. The highest BCUT2D eigenvalue weighted by Gasteiger charge is 2.21. The van der Waals surface area contributed by atoms with E-state index in [1.165, 1.54) is 0 Å². The summed E-state index contributed by atoms with van der Waals surface area (Å²) in [7, 11) is 0. The maximum Gasteiger partial charge on any atom is 0.171 e. The summed E-state index contributed by atoms with van der Waals surface area (Å²) >= 11 is 6.28. The van der Waals surface area contributed by atoms with Crippen molar-refractivity contribution in [3.63, 3.8) is 0 Å². The van der Waals surface area contributed by atoms with Crippen LogP contribution >= 0.6 is 11.6 Å². The molecule has 20 heavy (non-hydrogen) atoms. The minimum Gasteiger partial charge on any atom is -0.409 e. The zero-order chi connectivity index (χ0) is 14.5. The summed E-state index contributed by atoms with van der Waals surface area (Å²) < 4.78 is 0. The Balaban J connectivity index is 2.14. The molecule has 0 aromatic carbocycles. The van der Waals surface area contributed by atoms with Gasteiger partial charge in [-0.2, -0.15) is 0 Å². The number of aliphatic hydroxyl groups is 1.